The first-order chi connectivity index (χ1) is 21.5. The molecule has 0 aromatic rings. The SMILES string of the molecule is O=C(O)CCCCCNC(=O)C(F)(F)C(F)(F)C(F)(F)C(F)(F)C(F)(F)C(F)(F)C(F)(F)C(F)(F)C(F)(F)C(F)(F)F.OCCNCCO. The average molecular weight is 782 g/mol. The molecule has 5 N–H and O–H groups in total. The molecule has 0 unspecified atom stereocenters. The molecule has 0 atom stereocenters. The number of halogens is 21. The summed E-state index contributed by atoms with van der Waals surface area (Å²) in [5, 5.41) is 28.0. The van der Waals surface area contributed by atoms with E-state index < -0.39 is 90.7 Å². The number of carboxylic acid groups (broad SMARTS) is 1. The number of hydrogen-bond donors (Lipinski definition) is 5. The molecule has 0 heterocycles. The summed E-state index contributed by atoms with van der Waals surface area (Å²) < 4.78 is 279. The maximum absolute atomic E-state index is 13.7. The third-order valence-electron chi connectivity index (χ3n) is 5.73. The van der Waals surface area contributed by atoms with Gasteiger partial charge < -0.3 is 26.0 Å². The van der Waals surface area contributed by atoms with E-state index in [4.69, 9.17) is 15.3 Å². The fourth-order valence-corrected chi connectivity index (χ4v) is 2.87. The number of aliphatic carboxylic acids is 1. The molecule has 0 aliphatic rings. The van der Waals surface area contributed by atoms with Gasteiger partial charge in [-0.05, 0) is 12.8 Å². The molecular formula is C21H23F21N2O5. The van der Waals surface area contributed by atoms with Gasteiger partial charge in [-0.3, -0.25) is 9.59 Å². The smallest absolute Gasteiger partial charge is 0.460 e. The number of carboxylic acids is 1. The Kier molecular flexibility index (Phi) is 16.0. The molecule has 0 aromatic carbocycles. The van der Waals surface area contributed by atoms with E-state index in [9.17, 15) is 102 Å². The van der Waals surface area contributed by atoms with Gasteiger partial charge >= 0.3 is 65.4 Å². The van der Waals surface area contributed by atoms with E-state index in [0.717, 1.165) is 0 Å². The van der Waals surface area contributed by atoms with Crippen molar-refractivity contribution < 1.29 is 117 Å². The van der Waals surface area contributed by atoms with Gasteiger partial charge in [-0.25, -0.2) is 0 Å². The Bertz CT molecular complexity index is 1080. The highest BCUT2D eigenvalue weighted by molar-refractivity contribution is 5.84. The van der Waals surface area contributed by atoms with Crippen molar-refractivity contribution in [1.29, 1.82) is 0 Å². The van der Waals surface area contributed by atoms with Crippen LogP contribution in [-0.4, -0.2) is 120 Å². The summed E-state index contributed by atoms with van der Waals surface area (Å²) in [6.45, 7) is 0.135. The van der Waals surface area contributed by atoms with E-state index in [1.807, 2.05) is 0 Å². The normalized spacial score (nSPS) is 14.7. The van der Waals surface area contributed by atoms with Crippen LogP contribution in [0.25, 0.3) is 0 Å². The van der Waals surface area contributed by atoms with Crippen LogP contribution in [-0.2, 0) is 9.59 Å². The van der Waals surface area contributed by atoms with E-state index in [0.29, 0.717) is 18.4 Å². The maximum Gasteiger partial charge on any atom is 0.460 e. The minimum atomic E-state index is -9.28. The summed E-state index contributed by atoms with van der Waals surface area (Å²) in [5.41, 5.74) is 0. The van der Waals surface area contributed by atoms with Gasteiger partial charge in [-0.1, -0.05) is 6.42 Å². The molecule has 0 saturated heterocycles. The van der Waals surface area contributed by atoms with Crippen molar-refractivity contribution in [2.75, 3.05) is 32.8 Å². The molecule has 0 spiro atoms. The van der Waals surface area contributed by atoms with Crippen LogP contribution < -0.4 is 10.6 Å². The third kappa shape index (κ3) is 8.99. The largest absolute Gasteiger partial charge is 0.481 e. The van der Waals surface area contributed by atoms with Crippen molar-refractivity contribution in [3.63, 3.8) is 0 Å². The number of unbranched alkanes of at least 4 members (excludes halogenated alkanes) is 2. The zero-order valence-corrected chi connectivity index (χ0v) is 23.5. The molecule has 0 bridgehead atoms. The molecular weight excluding hydrogens is 759 g/mol. The second-order valence-corrected chi connectivity index (χ2v) is 9.32. The van der Waals surface area contributed by atoms with Crippen LogP contribution in [0.4, 0.5) is 92.2 Å². The van der Waals surface area contributed by atoms with Crippen molar-refractivity contribution in [2.24, 2.45) is 0 Å². The topological polar surface area (TPSA) is 119 Å². The highest BCUT2D eigenvalue weighted by Crippen LogP contribution is 2.66. The van der Waals surface area contributed by atoms with E-state index in [1.54, 1.807) is 0 Å². The summed E-state index contributed by atoms with van der Waals surface area (Å²) in [6.07, 6.45) is -9.92. The first kappa shape index (κ1) is 48.5. The van der Waals surface area contributed by atoms with Crippen LogP contribution in [0.2, 0.25) is 0 Å². The molecule has 28 heteroatoms. The zero-order valence-electron chi connectivity index (χ0n) is 23.5. The Balaban J connectivity index is 0. The Morgan fingerprint density at radius 2 is 0.776 bits per heavy atom. The number of alkyl halides is 21. The van der Waals surface area contributed by atoms with Crippen molar-refractivity contribution in [2.45, 2.75) is 85.2 Å². The van der Waals surface area contributed by atoms with Crippen molar-refractivity contribution in [1.82, 2.24) is 10.6 Å². The van der Waals surface area contributed by atoms with Gasteiger partial charge in [0.15, 0.2) is 0 Å². The number of amides is 1. The molecule has 294 valence electrons. The van der Waals surface area contributed by atoms with E-state index in [-0.39, 0.29) is 26.1 Å². The van der Waals surface area contributed by atoms with Gasteiger partial charge in [0.25, 0.3) is 5.91 Å². The van der Waals surface area contributed by atoms with Gasteiger partial charge in [-0.15, -0.1) is 0 Å². The first-order valence-electron chi connectivity index (χ1n) is 12.4. The van der Waals surface area contributed by atoms with Crippen LogP contribution in [0.15, 0.2) is 0 Å². The molecule has 49 heavy (non-hydrogen) atoms. The molecule has 0 radical (unpaired) electrons. The summed E-state index contributed by atoms with van der Waals surface area (Å²) in [5.74, 6) is -84.1. The number of carbonyl (C=O) groups is 2. The molecule has 0 rings (SSSR count). The van der Waals surface area contributed by atoms with Crippen molar-refractivity contribution in [3.05, 3.63) is 0 Å². The lowest BCUT2D eigenvalue weighted by atomic mass is 9.86. The van der Waals surface area contributed by atoms with Crippen LogP contribution >= 0.6 is 0 Å². The molecule has 0 saturated carbocycles. The quantitative estimate of drug-likeness (QED) is 0.0863. The predicted molar refractivity (Wildman–Crippen MR) is 117 cm³/mol. The lowest BCUT2D eigenvalue weighted by Crippen LogP contribution is -2.77. The van der Waals surface area contributed by atoms with Crippen LogP contribution in [0.3, 0.4) is 0 Å². The van der Waals surface area contributed by atoms with E-state index >= 15 is 0 Å². The number of aliphatic hydroxyl groups excluding tert-OH is 2. The number of nitrogens with one attached hydrogen (secondary N) is 2. The lowest BCUT2D eigenvalue weighted by molar-refractivity contribution is -0.472. The van der Waals surface area contributed by atoms with Gasteiger partial charge in [0.1, 0.15) is 0 Å². The van der Waals surface area contributed by atoms with Gasteiger partial charge in [0.2, 0.25) is 0 Å². The third-order valence-corrected chi connectivity index (χ3v) is 5.73. The molecule has 0 fully saturated rings. The van der Waals surface area contributed by atoms with E-state index in [1.165, 1.54) is 0 Å². The summed E-state index contributed by atoms with van der Waals surface area (Å²) in [7, 11) is 0. The second kappa shape index (κ2) is 16.1. The maximum atomic E-state index is 13.7. The second-order valence-electron chi connectivity index (χ2n) is 9.32. The van der Waals surface area contributed by atoms with Crippen LogP contribution in [0.5, 0.6) is 0 Å². The van der Waals surface area contributed by atoms with Crippen molar-refractivity contribution >= 4 is 11.9 Å². The van der Waals surface area contributed by atoms with E-state index in [2.05, 4.69) is 5.32 Å². The van der Waals surface area contributed by atoms with Gasteiger partial charge in [0, 0.05) is 26.1 Å². The Labute approximate surface area is 258 Å². The van der Waals surface area contributed by atoms with Crippen LogP contribution in [0, 0.1) is 0 Å². The molecule has 7 nitrogen and oxygen atoms in total. The van der Waals surface area contributed by atoms with Crippen LogP contribution in [0.1, 0.15) is 25.7 Å². The summed E-state index contributed by atoms with van der Waals surface area (Å²) in [4.78, 5) is 21.4. The molecule has 0 aromatic heterocycles. The fraction of sp³-hybridized carbons (Fsp3) is 0.905. The minimum absolute atomic E-state index is 0.139. The Morgan fingerprint density at radius 3 is 1.08 bits per heavy atom. The van der Waals surface area contributed by atoms with Gasteiger partial charge in [0.05, 0.1) is 13.2 Å². The minimum Gasteiger partial charge on any atom is -0.481 e. The Morgan fingerprint density at radius 1 is 0.449 bits per heavy atom. The Hall–Kier alpha value is -2.65. The van der Waals surface area contributed by atoms with Crippen molar-refractivity contribution in [3.8, 4) is 0 Å². The summed E-state index contributed by atoms with van der Waals surface area (Å²) in [6, 6.07) is 0. The standard InChI is InChI=1S/C17H12F21NO3.C4H11NO2/c18-8(19,7(42)39-5-3-1-2-4-6(40)41)9(20,21)10(22,23)11(24,25)12(26,27)13(28,29)14(30,31)15(32,33)16(34,35)17(36,37)38;6-3-1-5-2-4-7/h1-5H2,(H,39,42)(H,40,41);5-7H,1-4H2. The molecule has 0 aliphatic carbocycles. The number of hydrogen-bond acceptors (Lipinski definition) is 5. The average Bonchev–Trinajstić information content (AvgIpc) is 2.93. The lowest BCUT2D eigenvalue weighted by Gasteiger charge is -2.44. The number of carbonyl (C=O) groups excluding carboxylic acids is 1. The fourth-order valence-electron chi connectivity index (χ4n) is 2.87. The zero-order chi connectivity index (χ0) is 39.9. The monoisotopic (exact) mass is 782 g/mol. The molecule has 1 amide bonds. The highest BCUT2D eigenvalue weighted by Gasteiger charge is 2.98. The number of rotatable bonds is 19. The first-order valence-corrected chi connectivity index (χ1v) is 12.4. The predicted octanol–water partition coefficient (Wildman–Crippen LogP) is 5.59. The molecule has 0 aliphatic heterocycles. The highest BCUT2D eigenvalue weighted by atomic mass is 19.4. The number of aliphatic hydroxyl groups is 2. The summed E-state index contributed by atoms with van der Waals surface area (Å²) >= 11 is 0. The van der Waals surface area contributed by atoms with Gasteiger partial charge in [-0.2, -0.15) is 92.2 Å².